The summed E-state index contributed by atoms with van der Waals surface area (Å²) in [6.07, 6.45) is 0.400. The third-order valence-electron chi connectivity index (χ3n) is 3.74. The summed E-state index contributed by atoms with van der Waals surface area (Å²) in [5.41, 5.74) is 1.11. The van der Waals surface area contributed by atoms with Crippen molar-refractivity contribution in [2.45, 2.75) is 34.1 Å². The van der Waals surface area contributed by atoms with Crippen molar-refractivity contribution in [1.82, 2.24) is 10.2 Å². The number of hydrogen-bond acceptors (Lipinski definition) is 4. The fraction of sp³-hybridized carbons (Fsp3) is 0.556. The molecule has 0 spiro atoms. The van der Waals surface area contributed by atoms with Gasteiger partial charge in [-0.2, -0.15) is 0 Å². The van der Waals surface area contributed by atoms with Gasteiger partial charge in [0.2, 0.25) is 5.91 Å². The highest BCUT2D eigenvalue weighted by Crippen LogP contribution is 2.23. The third kappa shape index (κ3) is 6.20. The molecule has 0 atom stereocenters. The highest BCUT2D eigenvalue weighted by atomic mass is 16.5. The van der Waals surface area contributed by atoms with Crippen molar-refractivity contribution in [3.63, 3.8) is 0 Å². The van der Waals surface area contributed by atoms with Crippen LogP contribution < -0.4 is 15.4 Å². The number of hydrogen-bond donors (Lipinski definition) is 2. The van der Waals surface area contributed by atoms with E-state index in [9.17, 15) is 9.59 Å². The van der Waals surface area contributed by atoms with Crippen molar-refractivity contribution >= 4 is 17.5 Å². The van der Waals surface area contributed by atoms with Crippen LogP contribution >= 0.6 is 0 Å². The van der Waals surface area contributed by atoms with Crippen LogP contribution in [0.15, 0.2) is 18.2 Å². The predicted molar refractivity (Wildman–Crippen MR) is 96.7 cm³/mol. The van der Waals surface area contributed by atoms with Gasteiger partial charge in [0, 0.05) is 31.3 Å². The molecular weight excluding hydrogens is 306 g/mol. The summed E-state index contributed by atoms with van der Waals surface area (Å²) in [5.74, 6) is 0.236. The molecule has 134 valence electrons. The van der Waals surface area contributed by atoms with Gasteiger partial charge in [0.15, 0.2) is 0 Å². The fourth-order valence-corrected chi connectivity index (χ4v) is 2.27. The van der Waals surface area contributed by atoms with E-state index in [1.54, 1.807) is 25.1 Å². The minimum atomic E-state index is -0.168. The largest absolute Gasteiger partial charge is 0.493 e. The number of nitrogens with one attached hydrogen (secondary N) is 2. The maximum atomic E-state index is 12.4. The Kier molecular flexibility index (Phi) is 8.86. The van der Waals surface area contributed by atoms with Crippen molar-refractivity contribution in [2.24, 2.45) is 0 Å². The van der Waals surface area contributed by atoms with Gasteiger partial charge in [0.05, 0.1) is 12.2 Å². The van der Waals surface area contributed by atoms with Gasteiger partial charge in [-0.25, -0.2) is 0 Å². The first-order chi connectivity index (χ1) is 11.5. The average Bonchev–Trinajstić information content (AvgIpc) is 2.59. The van der Waals surface area contributed by atoms with Crippen LogP contribution in [0.4, 0.5) is 5.69 Å². The molecule has 0 aromatic heterocycles. The van der Waals surface area contributed by atoms with E-state index in [0.717, 1.165) is 19.6 Å². The Balaban J connectivity index is 2.77. The van der Waals surface area contributed by atoms with E-state index in [0.29, 0.717) is 36.6 Å². The normalized spacial score (nSPS) is 10.5. The lowest BCUT2D eigenvalue weighted by Crippen LogP contribution is -2.35. The lowest BCUT2D eigenvalue weighted by molar-refractivity contribution is -0.115. The zero-order chi connectivity index (χ0) is 17.9. The Hall–Kier alpha value is -2.08. The summed E-state index contributed by atoms with van der Waals surface area (Å²) in [6.45, 7) is 11.6. The van der Waals surface area contributed by atoms with Crippen LogP contribution in [0.3, 0.4) is 0 Å². The number of amides is 2. The summed E-state index contributed by atoms with van der Waals surface area (Å²) in [6, 6.07) is 5.09. The van der Waals surface area contributed by atoms with Gasteiger partial charge in [-0.05, 0) is 32.1 Å². The Morgan fingerprint density at radius 2 is 1.83 bits per heavy atom. The molecule has 0 unspecified atom stereocenters. The number of likely N-dealkylation sites (N-methyl/N-ethyl adjacent to an activating group) is 1. The number of carbonyl (C=O) groups excluding carboxylic acids is 2. The first-order valence-corrected chi connectivity index (χ1v) is 8.62. The average molecular weight is 335 g/mol. The van der Waals surface area contributed by atoms with Crippen LogP contribution in [-0.4, -0.2) is 49.5 Å². The number of anilines is 1. The maximum absolute atomic E-state index is 12.4. The second kappa shape index (κ2) is 10.6. The lowest BCUT2D eigenvalue weighted by Gasteiger charge is -2.18. The molecular formula is C18H29N3O3. The maximum Gasteiger partial charge on any atom is 0.255 e. The molecule has 6 heteroatoms. The monoisotopic (exact) mass is 335 g/mol. The lowest BCUT2D eigenvalue weighted by atomic mass is 10.1. The van der Waals surface area contributed by atoms with Crippen molar-refractivity contribution in [2.75, 3.05) is 38.1 Å². The number of benzene rings is 1. The van der Waals surface area contributed by atoms with Crippen molar-refractivity contribution in [1.29, 1.82) is 0 Å². The van der Waals surface area contributed by atoms with Gasteiger partial charge in [-0.15, -0.1) is 0 Å². The quantitative estimate of drug-likeness (QED) is 0.689. The van der Waals surface area contributed by atoms with Gasteiger partial charge >= 0.3 is 0 Å². The minimum absolute atomic E-state index is 0.0751. The zero-order valence-corrected chi connectivity index (χ0v) is 15.1. The molecule has 0 aliphatic rings. The molecule has 0 fully saturated rings. The number of rotatable bonds is 10. The van der Waals surface area contributed by atoms with Gasteiger partial charge in [-0.1, -0.05) is 20.8 Å². The minimum Gasteiger partial charge on any atom is -0.493 e. The van der Waals surface area contributed by atoms with Gasteiger partial charge < -0.3 is 20.3 Å². The molecule has 0 aliphatic heterocycles. The van der Waals surface area contributed by atoms with E-state index in [1.165, 1.54) is 0 Å². The Morgan fingerprint density at radius 1 is 1.12 bits per heavy atom. The van der Waals surface area contributed by atoms with Crippen LogP contribution in [0.5, 0.6) is 5.75 Å². The van der Waals surface area contributed by atoms with Crippen LogP contribution in [0.1, 0.15) is 44.5 Å². The van der Waals surface area contributed by atoms with Crippen molar-refractivity contribution < 1.29 is 14.3 Å². The Bertz CT molecular complexity index is 542. The molecule has 0 heterocycles. The van der Waals surface area contributed by atoms with E-state index >= 15 is 0 Å². The summed E-state index contributed by atoms with van der Waals surface area (Å²) < 4.78 is 5.56. The van der Waals surface area contributed by atoms with E-state index in [-0.39, 0.29) is 11.8 Å². The summed E-state index contributed by atoms with van der Waals surface area (Å²) in [4.78, 5) is 26.1. The molecule has 0 aliphatic carbocycles. The number of ether oxygens (including phenoxy) is 1. The predicted octanol–water partition coefficient (Wildman–Crippen LogP) is 2.51. The van der Waals surface area contributed by atoms with Gasteiger partial charge in [0.25, 0.3) is 5.91 Å². The first kappa shape index (κ1) is 20.0. The second-order valence-corrected chi connectivity index (χ2v) is 5.33. The van der Waals surface area contributed by atoms with E-state index in [2.05, 4.69) is 29.4 Å². The summed E-state index contributed by atoms with van der Waals surface area (Å²) in [5, 5.41) is 5.69. The van der Waals surface area contributed by atoms with E-state index < -0.39 is 0 Å². The highest BCUT2D eigenvalue weighted by molar-refractivity contribution is 5.98. The van der Waals surface area contributed by atoms with Crippen LogP contribution in [-0.2, 0) is 4.79 Å². The Morgan fingerprint density at radius 3 is 2.42 bits per heavy atom. The molecule has 1 aromatic carbocycles. The molecule has 0 radical (unpaired) electrons. The van der Waals surface area contributed by atoms with E-state index in [1.807, 2.05) is 6.92 Å². The van der Waals surface area contributed by atoms with Gasteiger partial charge in [-0.3, -0.25) is 9.59 Å². The summed E-state index contributed by atoms with van der Waals surface area (Å²) >= 11 is 0. The van der Waals surface area contributed by atoms with Crippen molar-refractivity contribution in [3.05, 3.63) is 23.8 Å². The van der Waals surface area contributed by atoms with Crippen LogP contribution in [0.2, 0.25) is 0 Å². The summed E-state index contributed by atoms with van der Waals surface area (Å²) in [7, 11) is 0. The molecule has 0 bridgehead atoms. The molecule has 2 amide bonds. The molecule has 1 aromatic rings. The van der Waals surface area contributed by atoms with Crippen LogP contribution in [0.25, 0.3) is 0 Å². The molecule has 2 N–H and O–H groups in total. The third-order valence-corrected chi connectivity index (χ3v) is 3.74. The SMILES string of the molecule is CCOc1cc(NC(=O)CC)ccc1C(=O)NCCN(CC)CC. The van der Waals surface area contributed by atoms with Gasteiger partial charge in [0.1, 0.15) is 5.75 Å². The highest BCUT2D eigenvalue weighted by Gasteiger charge is 2.14. The molecule has 1 rings (SSSR count). The van der Waals surface area contributed by atoms with E-state index in [4.69, 9.17) is 4.74 Å². The zero-order valence-electron chi connectivity index (χ0n) is 15.1. The van der Waals surface area contributed by atoms with Crippen LogP contribution in [0, 0.1) is 0 Å². The molecule has 6 nitrogen and oxygen atoms in total. The molecule has 0 saturated carbocycles. The Labute approximate surface area is 144 Å². The number of nitrogens with zero attached hydrogens (tertiary/aromatic N) is 1. The molecule has 24 heavy (non-hydrogen) atoms. The fourth-order valence-electron chi connectivity index (χ4n) is 2.27. The standard InChI is InChI=1S/C18H29N3O3/c1-5-17(22)20-14-9-10-15(16(13-14)24-8-4)18(23)19-11-12-21(6-2)7-3/h9-10,13H,5-8,11-12H2,1-4H3,(H,19,23)(H,20,22). The molecule has 0 saturated heterocycles. The topological polar surface area (TPSA) is 70.7 Å². The smallest absolute Gasteiger partial charge is 0.255 e. The second-order valence-electron chi connectivity index (χ2n) is 5.33. The van der Waals surface area contributed by atoms with Crippen molar-refractivity contribution in [3.8, 4) is 5.75 Å². The first-order valence-electron chi connectivity index (χ1n) is 8.62. The number of carbonyl (C=O) groups is 2.